The molecule has 0 amide bonds. The minimum atomic E-state index is -2.85. The van der Waals surface area contributed by atoms with Crippen LogP contribution in [0.3, 0.4) is 0 Å². The summed E-state index contributed by atoms with van der Waals surface area (Å²) in [4.78, 5) is 6.45. The highest BCUT2D eigenvalue weighted by Gasteiger charge is 2.26. The van der Waals surface area contributed by atoms with Crippen LogP contribution < -0.4 is 5.73 Å². The van der Waals surface area contributed by atoms with Crippen molar-refractivity contribution >= 4 is 5.96 Å². The van der Waals surface area contributed by atoms with Crippen LogP contribution in [0.15, 0.2) is 53.5 Å². The van der Waals surface area contributed by atoms with E-state index in [0.717, 1.165) is 43.9 Å². The Kier molecular flexibility index (Phi) is 8.11. The zero-order chi connectivity index (χ0) is 21.4. The lowest BCUT2D eigenvalue weighted by Gasteiger charge is -2.37. The van der Waals surface area contributed by atoms with Crippen molar-refractivity contribution in [1.29, 1.82) is 0 Å². The molecule has 2 aromatic rings. The second kappa shape index (κ2) is 10.3. The number of hydrogen-bond acceptors (Lipinski definition) is 1. The Hall–Kier alpha value is -2.50. The van der Waals surface area contributed by atoms with Crippen LogP contribution in [0.5, 0.6) is 0 Å². The fourth-order valence-corrected chi connectivity index (χ4v) is 3.43. The largest absolute Gasteiger partial charge is 0.370 e. The fourth-order valence-electron chi connectivity index (χ4n) is 3.43. The van der Waals surface area contributed by atoms with Crippen molar-refractivity contribution in [3.63, 3.8) is 0 Å². The van der Waals surface area contributed by atoms with Gasteiger partial charge in [0.15, 0.2) is 5.96 Å². The van der Waals surface area contributed by atoms with Gasteiger partial charge in [-0.15, -0.1) is 0 Å². The van der Waals surface area contributed by atoms with Gasteiger partial charge in [-0.1, -0.05) is 50.2 Å². The molecule has 0 bridgehead atoms. The van der Waals surface area contributed by atoms with Gasteiger partial charge in [0.1, 0.15) is 5.82 Å². The molecular weight excluding hydrogens is 375 g/mol. The molecule has 0 saturated carbocycles. The monoisotopic (exact) mass is 405 g/mol. The number of aliphatic imine (C=N–C) groups is 1. The number of piperidine rings is 1. The number of rotatable bonds is 4. The predicted molar refractivity (Wildman–Crippen MR) is 112 cm³/mol. The zero-order valence-corrected chi connectivity index (χ0v) is 17.3. The Morgan fingerprint density at radius 3 is 2.45 bits per heavy atom. The number of nitrogens with two attached hydrogens (primary N) is 1. The van der Waals surface area contributed by atoms with Gasteiger partial charge >= 0.3 is 0 Å². The van der Waals surface area contributed by atoms with Crippen LogP contribution in [-0.2, 0) is 12.5 Å². The maximum Gasteiger partial charge on any atom is 0.270 e. The van der Waals surface area contributed by atoms with Crippen LogP contribution in [-0.4, -0.2) is 17.4 Å². The molecule has 0 spiro atoms. The summed E-state index contributed by atoms with van der Waals surface area (Å²) < 4.78 is 40.2. The van der Waals surface area contributed by atoms with E-state index in [1.54, 1.807) is 24.3 Å². The van der Waals surface area contributed by atoms with E-state index in [1.807, 2.05) is 24.8 Å². The molecule has 29 heavy (non-hydrogen) atoms. The summed E-state index contributed by atoms with van der Waals surface area (Å²) in [7, 11) is 0. The molecule has 3 rings (SSSR count). The SMILES string of the molecule is CC.CC(F)(F)c1ccc(CN=C(N)N2CCCCC2c2cccc(F)c2)cc1. The van der Waals surface area contributed by atoms with Crippen molar-refractivity contribution in [3.8, 4) is 0 Å². The van der Waals surface area contributed by atoms with E-state index in [1.165, 1.54) is 18.2 Å². The summed E-state index contributed by atoms with van der Waals surface area (Å²) in [6.45, 7) is 5.95. The van der Waals surface area contributed by atoms with Crippen molar-refractivity contribution in [3.05, 3.63) is 71.0 Å². The Morgan fingerprint density at radius 2 is 1.83 bits per heavy atom. The molecule has 1 aliphatic heterocycles. The van der Waals surface area contributed by atoms with Crippen molar-refractivity contribution in [2.45, 2.75) is 58.5 Å². The predicted octanol–water partition coefficient (Wildman–Crippen LogP) is 6.01. The molecule has 0 aliphatic carbocycles. The highest BCUT2D eigenvalue weighted by atomic mass is 19.3. The normalized spacial score (nSPS) is 17.5. The summed E-state index contributed by atoms with van der Waals surface area (Å²) in [6, 6.07) is 12.7. The third kappa shape index (κ3) is 6.24. The minimum absolute atomic E-state index is 0.000593. The number of benzene rings is 2. The lowest BCUT2D eigenvalue weighted by molar-refractivity contribution is 0.0174. The molecule has 2 aromatic carbocycles. The zero-order valence-electron chi connectivity index (χ0n) is 17.3. The molecule has 158 valence electrons. The molecule has 3 nitrogen and oxygen atoms in total. The van der Waals surface area contributed by atoms with Crippen LogP contribution in [0.2, 0.25) is 0 Å². The van der Waals surface area contributed by atoms with Gasteiger partial charge in [-0.05, 0) is 42.5 Å². The van der Waals surface area contributed by atoms with Gasteiger partial charge in [0.25, 0.3) is 5.92 Å². The van der Waals surface area contributed by atoms with E-state index in [-0.39, 0.29) is 17.4 Å². The van der Waals surface area contributed by atoms with Crippen LogP contribution in [0.4, 0.5) is 13.2 Å². The fraction of sp³-hybridized carbons (Fsp3) is 0.435. The van der Waals surface area contributed by atoms with Gasteiger partial charge in [-0.3, -0.25) is 0 Å². The molecule has 1 fully saturated rings. The highest BCUT2D eigenvalue weighted by molar-refractivity contribution is 5.78. The minimum Gasteiger partial charge on any atom is -0.370 e. The number of alkyl halides is 2. The lowest BCUT2D eigenvalue weighted by Crippen LogP contribution is -2.43. The van der Waals surface area contributed by atoms with E-state index in [4.69, 9.17) is 5.73 Å². The molecule has 1 unspecified atom stereocenters. The maximum absolute atomic E-state index is 13.6. The number of hydrogen-bond donors (Lipinski definition) is 1. The smallest absolute Gasteiger partial charge is 0.270 e. The summed E-state index contributed by atoms with van der Waals surface area (Å²) in [5.41, 5.74) is 7.90. The van der Waals surface area contributed by atoms with Crippen LogP contribution in [0, 0.1) is 5.82 Å². The molecule has 6 heteroatoms. The first kappa shape index (κ1) is 22.8. The third-order valence-corrected chi connectivity index (χ3v) is 4.91. The Bertz CT molecular complexity index is 798. The van der Waals surface area contributed by atoms with Crippen LogP contribution in [0.1, 0.15) is 62.8 Å². The Balaban J connectivity index is 0.00000145. The number of guanidine groups is 1. The molecule has 1 atom stereocenters. The average Bonchev–Trinajstić information content (AvgIpc) is 2.73. The molecule has 1 heterocycles. The summed E-state index contributed by atoms with van der Waals surface area (Å²) in [5, 5.41) is 0. The molecule has 0 radical (unpaired) electrons. The number of halogens is 3. The van der Waals surface area contributed by atoms with Crippen molar-refractivity contribution < 1.29 is 13.2 Å². The molecule has 1 aliphatic rings. The standard InChI is InChI=1S/C21H24F3N3.C2H6/c1-21(23,24)17-10-8-15(9-11-17)14-26-20(25)27-12-3-2-7-19(27)16-5-4-6-18(22)13-16;1-2/h4-6,8-11,13,19H,2-3,7,12,14H2,1H3,(H2,25,26);1-2H3. The van der Waals surface area contributed by atoms with Crippen molar-refractivity contribution in [2.24, 2.45) is 10.7 Å². The number of likely N-dealkylation sites (tertiary alicyclic amines) is 1. The Morgan fingerprint density at radius 1 is 1.14 bits per heavy atom. The van der Waals surface area contributed by atoms with Gasteiger partial charge in [0, 0.05) is 19.0 Å². The average molecular weight is 406 g/mol. The van der Waals surface area contributed by atoms with E-state index < -0.39 is 5.92 Å². The quantitative estimate of drug-likeness (QED) is 0.500. The summed E-state index contributed by atoms with van der Waals surface area (Å²) >= 11 is 0. The second-order valence-corrected chi connectivity index (χ2v) is 7.02. The second-order valence-electron chi connectivity index (χ2n) is 7.02. The van der Waals surface area contributed by atoms with E-state index in [2.05, 4.69) is 4.99 Å². The first-order valence-electron chi connectivity index (χ1n) is 10.1. The molecule has 2 N–H and O–H groups in total. The summed E-state index contributed by atoms with van der Waals surface area (Å²) in [5.74, 6) is -2.72. The van der Waals surface area contributed by atoms with Gasteiger partial charge in [0.05, 0.1) is 12.6 Å². The number of nitrogens with zero attached hydrogens (tertiary/aromatic N) is 2. The van der Waals surface area contributed by atoms with E-state index >= 15 is 0 Å². The van der Waals surface area contributed by atoms with Gasteiger partial charge < -0.3 is 10.6 Å². The van der Waals surface area contributed by atoms with Crippen molar-refractivity contribution in [2.75, 3.05) is 6.54 Å². The van der Waals surface area contributed by atoms with E-state index in [0.29, 0.717) is 12.5 Å². The van der Waals surface area contributed by atoms with Crippen LogP contribution in [0.25, 0.3) is 0 Å². The Labute approximate surface area is 171 Å². The third-order valence-electron chi connectivity index (χ3n) is 4.91. The molecule has 1 saturated heterocycles. The first-order chi connectivity index (χ1) is 13.8. The maximum atomic E-state index is 13.6. The van der Waals surface area contributed by atoms with Gasteiger partial charge in [-0.25, -0.2) is 18.2 Å². The first-order valence-corrected chi connectivity index (χ1v) is 10.1. The lowest BCUT2D eigenvalue weighted by atomic mass is 9.95. The topological polar surface area (TPSA) is 41.6 Å². The molecule has 0 aromatic heterocycles. The highest BCUT2D eigenvalue weighted by Crippen LogP contribution is 2.31. The van der Waals surface area contributed by atoms with E-state index in [9.17, 15) is 13.2 Å². The van der Waals surface area contributed by atoms with Crippen molar-refractivity contribution in [1.82, 2.24) is 4.90 Å². The van der Waals surface area contributed by atoms with Gasteiger partial charge in [-0.2, -0.15) is 0 Å². The molecular formula is C23H30F3N3. The van der Waals surface area contributed by atoms with Crippen LogP contribution >= 0.6 is 0 Å². The summed E-state index contributed by atoms with van der Waals surface area (Å²) in [6.07, 6.45) is 2.94. The van der Waals surface area contributed by atoms with Gasteiger partial charge in [0.2, 0.25) is 0 Å².